The first kappa shape index (κ1) is 7.63. The van der Waals surface area contributed by atoms with Gasteiger partial charge in [0.1, 0.15) is 0 Å². The topological polar surface area (TPSA) is 12.0 Å². The van der Waals surface area contributed by atoms with Crippen LogP contribution in [-0.2, 0) is 0 Å². The minimum Gasteiger partial charge on any atom is -0.387 e. The minimum absolute atomic E-state index is 0.815. The van der Waals surface area contributed by atoms with Crippen LogP contribution in [0.5, 0.6) is 0 Å². The Morgan fingerprint density at radius 1 is 1.50 bits per heavy atom. The summed E-state index contributed by atoms with van der Waals surface area (Å²) in [4.78, 5) is 0. The van der Waals surface area contributed by atoms with E-state index in [4.69, 9.17) is 11.6 Å². The second kappa shape index (κ2) is 3.08. The Morgan fingerprint density at radius 2 is 2.20 bits per heavy atom. The molecule has 1 nitrogen and oxygen atoms in total. The quantitative estimate of drug-likeness (QED) is 0.603. The summed E-state index contributed by atoms with van der Waals surface area (Å²) in [7, 11) is 2.93. The molecule has 0 saturated carbocycles. The SMILES string of the molecule is CNc1c([SiH3])cccc1Cl. The third-order valence-electron chi connectivity index (χ3n) is 1.47. The van der Waals surface area contributed by atoms with E-state index < -0.39 is 0 Å². The molecule has 0 amide bonds. The fourth-order valence-electron chi connectivity index (χ4n) is 0.949. The van der Waals surface area contributed by atoms with E-state index in [0.717, 1.165) is 21.0 Å². The molecule has 1 aromatic rings. The van der Waals surface area contributed by atoms with E-state index in [0.29, 0.717) is 0 Å². The Labute approximate surface area is 68.8 Å². The monoisotopic (exact) mass is 171 g/mol. The van der Waals surface area contributed by atoms with Crippen molar-refractivity contribution >= 4 is 32.7 Å². The molecule has 0 heterocycles. The predicted molar refractivity (Wildman–Crippen MR) is 50.6 cm³/mol. The molecule has 0 saturated heterocycles. The number of hydrogen-bond donors (Lipinski definition) is 1. The third kappa shape index (κ3) is 1.33. The zero-order chi connectivity index (χ0) is 7.56. The number of rotatable bonds is 1. The summed E-state index contributed by atoms with van der Waals surface area (Å²) in [5, 5.41) is 5.20. The van der Waals surface area contributed by atoms with Crippen LogP contribution in [0, 0.1) is 0 Å². The van der Waals surface area contributed by atoms with Crippen molar-refractivity contribution in [2.45, 2.75) is 0 Å². The molecule has 0 aliphatic rings. The third-order valence-corrected chi connectivity index (χ3v) is 2.62. The fraction of sp³-hybridized carbons (Fsp3) is 0.143. The van der Waals surface area contributed by atoms with Crippen LogP contribution < -0.4 is 10.5 Å². The minimum atomic E-state index is 0.815. The lowest BCUT2D eigenvalue weighted by molar-refractivity contribution is 1.54. The van der Waals surface area contributed by atoms with Gasteiger partial charge in [0.15, 0.2) is 0 Å². The van der Waals surface area contributed by atoms with Crippen LogP contribution in [0.1, 0.15) is 0 Å². The van der Waals surface area contributed by atoms with Crippen molar-refractivity contribution in [1.82, 2.24) is 0 Å². The van der Waals surface area contributed by atoms with Gasteiger partial charge in [-0.15, -0.1) is 0 Å². The van der Waals surface area contributed by atoms with Gasteiger partial charge in [-0.25, -0.2) is 0 Å². The summed E-state index contributed by atoms with van der Waals surface area (Å²) in [5.74, 6) is 0. The smallest absolute Gasteiger partial charge is 0.0635 e. The second-order valence-corrected chi connectivity index (χ2v) is 3.67. The van der Waals surface area contributed by atoms with Gasteiger partial charge in [-0.1, -0.05) is 23.7 Å². The average Bonchev–Trinajstić information content (AvgIpc) is 1.88. The number of hydrogen-bond acceptors (Lipinski definition) is 1. The van der Waals surface area contributed by atoms with Crippen LogP contribution in [0.25, 0.3) is 0 Å². The molecule has 0 aliphatic carbocycles. The summed E-state index contributed by atoms with van der Waals surface area (Å²) in [6.07, 6.45) is 0. The highest BCUT2D eigenvalue weighted by molar-refractivity contribution is 6.41. The largest absolute Gasteiger partial charge is 0.387 e. The van der Waals surface area contributed by atoms with Crippen molar-refractivity contribution in [2.24, 2.45) is 0 Å². The van der Waals surface area contributed by atoms with Crippen LogP contribution >= 0.6 is 11.6 Å². The van der Waals surface area contributed by atoms with Crippen LogP contribution in [-0.4, -0.2) is 17.3 Å². The number of para-hydroxylation sites is 1. The van der Waals surface area contributed by atoms with Crippen LogP contribution in [0.3, 0.4) is 0 Å². The van der Waals surface area contributed by atoms with Crippen molar-refractivity contribution in [3.63, 3.8) is 0 Å². The Morgan fingerprint density at radius 3 is 2.60 bits per heavy atom. The number of nitrogens with one attached hydrogen (secondary N) is 1. The zero-order valence-corrected chi connectivity index (χ0v) is 8.87. The van der Waals surface area contributed by atoms with Crippen molar-refractivity contribution < 1.29 is 0 Å². The first-order chi connectivity index (χ1) is 4.75. The molecular weight excluding hydrogens is 162 g/mol. The van der Waals surface area contributed by atoms with E-state index in [1.54, 1.807) is 0 Å². The molecule has 0 spiro atoms. The maximum atomic E-state index is 5.89. The van der Waals surface area contributed by atoms with E-state index in [9.17, 15) is 0 Å². The van der Waals surface area contributed by atoms with Gasteiger partial charge < -0.3 is 5.32 Å². The molecule has 1 rings (SSSR count). The van der Waals surface area contributed by atoms with Gasteiger partial charge in [0.25, 0.3) is 0 Å². The first-order valence-corrected chi connectivity index (χ1v) is 4.56. The normalized spacial score (nSPS) is 9.80. The summed E-state index contributed by atoms with van der Waals surface area (Å²) >= 11 is 5.89. The maximum Gasteiger partial charge on any atom is 0.0635 e. The van der Waals surface area contributed by atoms with Gasteiger partial charge in [0.05, 0.1) is 10.7 Å². The van der Waals surface area contributed by atoms with E-state index in [-0.39, 0.29) is 0 Å². The molecule has 3 heteroatoms. The van der Waals surface area contributed by atoms with Crippen molar-refractivity contribution in [2.75, 3.05) is 12.4 Å². The van der Waals surface area contributed by atoms with Crippen molar-refractivity contribution in [3.05, 3.63) is 23.2 Å². The van der Waals surface area contributed by atoms with Crippen LogP contribution in [0.15, 0.2) is 18.2 Å². The summed E-state index contributed by atoms with van der Waals surface area (Å²) in [6.45, 7) is 0. The lowest BCUT2D eigenvalue weighted by Crippen LogP contribution is -2.09. The van der Waals surface area contributed by atoms with Gasteiger partial charge in [-0.05, 0) is 11.3 Å². The lowest BCUT2D eigenvalue weighted by Gasteiger charge is -2.05. The molecular formula is C7H10ClNSi. The zero-order valence-electron chi connectivity index (χ0n) is 6.11. The number of benzene rings is 1. The average molecular weight is 172 g/mol. The Hall–Kier alpha value is -0.473. The molecule has 10 heavy (non-hydrogen) atoms. The maximum absolute atomic E-state index is 5.89. The molecule has 0 fully saturated rings. The van der Waals surface area contributed by atoms with Gasteiger partial charge in [0, 0.05) is 17.3 Å². The lowest BCUT2D eigenvalue weighted by atomic mass is 10.3. The molecule has 0 unspecified atom stereocenters. The molecule has 0 radical (unpaired) electrons. The van der Waals surface area contributed by atoms with Crippen molar-refractivity contribution in [3.8, 4) is 0 Å². The second-order valence-electron chi connectivity index (χ2n) is 2.18. The highest BCUT2D eigenvalue weighted by atomic mass is 35.5. The van der Waals surface area contributed by atoms with Crippen LogP contribution in [0.4, 0.5) is 5.69 Å². The Balaban J connectivity index is 3.17. The summed E-state index contributed by atoms with van der Waals surface area (Å²) in [5.41, 5.74) is 1.08. The van der Waals surface area contributed by atoms with Gasteiger partial charge in [0.2, 0.25) is 0 Å². The predicted octanol–water partition coefficient (Wildman–Crippen LogP) is 0.372. The summed E-state index contributed by atoms with van der Waals surface area (Å²) < 4.78 is 0. The molecule has 0 aliphatic heterocycles. The van der Waals surface area contributed by atoms with Gasteiger partial charge in [-0.2, -0.15) is 0 Å². The molecule has 54 valence electrons. The Bertz CT molecular complexity index is 217. The van der Waals surface area contributed by atoms with Gasteiger partial charge >= 0.3 is 0 Å². The summed E-state index contributed by atoms with van der Waals surface area (Å²) in [6, 6.07) is 5.96. The molecule has 1 aromatic carbocycles. The number of halogens is 1. The van der Waals surface area contributed by atoms with E-state index in [2.05, 4.69) is 11.4 Å². The van der Waals surface area contributed by atoms with Crippen molar-refractivity contribution in [1.29, 1.82) is 0 Å². The molecule has 0 bridgehead atoms. The number of anilines is 1. The van der Waals surface area contributed by atoms with E-state index in [1.807, 2.05) is 19.2 Å². The van der Waals surface area contributed by atoms with E-state index in [1.165, 1.54) is 5.19 Å². The molecule has 0 atom stereocenters. The van der Waals surface area contributed by atoms with Gasteiger partial charge in [-0.3, -0.25) is 0 Å². The standard InChI is InChI=1S/C7H10ClNSi/c1-9-7-5(8)3-2-4-6(7)10/h2-4,9H,1,10H3. The molecule has 0 aromatic heterocycles. The highest BCUT2D eigenvalue weighted by Gasteiger charge is 1.97. The molecule has 1 N–H and O–H groups in total. The van der Waals surface area contributed by atoms with E-state index >= 15 is 0 Å². The Kier molecular flexibility index (Phi) is 2.35. The van der Waals surface area contributed by atoms with Crippen LogP contribution in [0.2, 0.25) is 5.02 Å². The fourth-order valence-corrected chi connectivity index (χ4v) is 2.14. The highest BCUT2D eigenvalue weighted by Crippen LogP contribution is 2.16. The first-order valence-electron chi connectivity index (χ1n) is 3.18.